The van der Waals surface area contributed by atoms with E-state index in [0.717, 1.165) is 34.3 Å². The van der Waals surface area contributed by atoms with Gasteiger partial charge in [0.15, 0.2) is 5.71 Å². The molecule has 12 nitrogen and oxygen atoms in total. The van der Waals surface area contributed by atoms with Crippen molar-refractivity contribution < 1.29 is 153 Å². The maximum absolute atomic E-state index is 10.2. The van der Waals surface area contributed by atoms with Gasteiger partial charge in [-0.1, -0.05) is 153 Å². The van der Waals surface area contributed by atoms with E-state index < -0.39 is 25.6 Å². The molecule has 2 N–H and O–H groups in total. The molecular weight excluding hydrogens is 1120 g/mol. The van der Waals surface area contributed by atoms with Crippen molar-refractivity contribution in [2.45, 2.75) is 142 Å². The van der Waals surface area contributed by atoms with Gasteiger partial charge < -0.3 is 37.3 Å². The van der Waals surface area contributed by atoms with E-state index in [4.69, 9.17) is 50.6 Å². The SMILES string of the molecule is CCCCCCCCCCCC(=O)O.CCCCCCCCCCCC(=O)O.CN(C)C(=S)SSC(=S)N(C)C.CN(C)c1ccc(C=C2C=CC(=[N+](C)C)C=C2)cc1.[Cd].[Cl-].[Na+].[Na+].[O]=[Cr](=[O])([O-])[O-]. The second-order valence-corrected chi connectivity index (χ2v) is 20.6. The second kappa shape index (κ2) is 55.3. The normalized spacial score (nSPS) is 10.6. The van der Waals surface area contributed by atoms with E-state index in [0.29, 0.717) is 12.8 Å². The van der Waals surface area contributed by atoms with E-state index in [1.807, 2.05) is 38.0 Å². The number of thiocarbonyl (C=S) groups is 2. The molecule has 0 saturated carbocycles. The third kappa shape index (κ3) is 62.7. The molecule has 0 aliphatic heterocycles. The van der Waals surface area contributed by atoms with Crippen LogP contribution in [-0.4, -0.2) is 107 Å². The third-order valence-electron chi connectivity index (χ3n) is 9.06. The first-order valence-electron chi connectivity index (χ1n) is 22.3. The maximum atomic E-state index is 10.2. The van der Waals surface area contributed by atoms with Crippen LogP contribution in [0.3, 0.4) is 0 Å². The van der Waals surface area contributed by atoms with Gasteiger partial charge in [-0.25, -0.2) is 4.58 Å². The molecule has 1 aliphatic rings. The Morgan fingerprint density at radius 2 is 0.912 bits per heavy atom. The molecule has 2 rings (SSSR count). The monoisotopic (exact) mass is 1200 g/mol. The van der Waals surface area contributed by atoms with Gasteiger partial charge in [0.1, 0.15) is 22.7 Å². The van der Waals surface area contributed by atoms with Crippen LogP contribution in [0.2, 0.25) is 0 Å². The van der Waals surface area contributed by atoms with Gasteiger partial charge in [0.05, 0.1) is 0 Å². The van der Waals surface area contributed by atoms with Crippen LogP contribution in [0.5, 0.6) is 0 Å². The Kier molecular flexibility index (Phi) is 67.2. The zero-order valence-corrected chi connectivity index (χ0v) is 56.9. The molecule has 378 valence electrons. The average molecular weight is 1200 g/mol. The molecule has 0 fully saturated rings. The van der Waals surface area contributed by atoms with E-state index in [-0.39, 0.29) is 98.8 Å². The Morgan fingerprint density at radius 3 is 1.16 bits per heavy atom. The number of hydrogen-bond acceptors (Lipinski definition) is 11. The van der Waals surface area contributed by atoms with Crippen LogP contribution >= 0.6 is 46.0 Å². The molecule has 1 aromatic carbocycles. The predicted octanol–water partition coefficient (Wildman–Crippen LogP) is 1.41. The van der Waals surface area contributed by atoms with Crippen molar-refractivity contribution in [3.05, 3.63) is 59.7 Å². The second-order valence-electron chi connectivity index (χ2n) is 16.0. The van der Waals surface area contributed by atoms with Gasteiger partial charge in [0.2, 0.25) is 0 Å². The predicted molar refractivity (Wildman–Crippen MR) is 272 cm³/mol. The molecule has 1 aromatic rings. The Labute approximate surface area is 503 Å². The fourth-order valence-corrected chi connectivity index (χ4v) is 7.70. The van der Waals surface area contributed by atoms with Crippen LogP contribution in [0, 0.1) is 0 Å². The van der Waals surface area contributed by atoms with Crippen LogP contribution < -0.4 is 84.7 Å². The summed E-state index contributed by atoms with van der Waals surface area (Å²) in [6.07, 6.45) is 33.7. The summed E-state index contributed by atoms with van der Waals surface area (Å²) in [7, 11) is 18.9. The molecule has 0 amide bonds. The number of unbranched alkanes of at least 4 members (excludes halogenated alkanes) is 16. The number of benzene rings is 1. The van der Waals surface area contributed by atoms with Crippen LogP contribution in [0.1, 0.15) is 148 Å². The fourth-order valence-electron chi connectivity index (χ4n) is 5.32. The van der Waals surface area contributed by atoms with Gasteiger partial charge in [-0.15, -0.1) is 0 Å². The Balaban J connectivity index is -0.000000140. The van der Waals surface area contributed by atoms with Crippen molar-refractivity contribution in [1.82, 2.24) is 9.80 Å². The number of aliphatic carboxylic acids is 2. The molecule has 1 aliphatic carbocycles. The number of carboxylic acid groups (broad SMARTS) is 2. The Morgan fingerprint density at radius 1 is 0.618 bits per heavy atom. The van der Waals surface area contributed by atoms with Crippen molar-refractivity contribution in [1.29, 1.82) is 0 Å². The summed E-state index contributed by atoms with van der Waals surface area (Å²) < 4.78 is 38.2. The first-order chi connectivity index (χ1) is 30.0. The first-order valence-corrected chi connectivity index (χ1v) is 27.4. The molecule has 0 aromatic heterocycles. The molecule has 21 heteroatoms. The number of carboxylic acids is 2. The van der Waals surface area contributed by atoms with E-state index in [9.17, 15) is 9.59 Å². The number of nitrogens with zero attached hydrogens (tertiary/aromatic N) is 4. The van der Waals surface area contributed by atoms with Crippen molar-refractivity contribution in [3.8, 4) is 0 Å². The van der Waals surface area contributed by atoms with Crippen molar-refractivity contribution >= 4 is 84.1 Å². The molecule has 0 bridgehead atoms. The fraction of sp³-hybridized carbons (Fsp3) is 0.638. The zero-order chi connectivity index (χ0) is 49.3. The van der Waals surface area contributed by atoms with Crippen LogP contribution in [-0.2, 0) is 58.1 Å². The summed E-state index contributed by atoms with van der Waals surface area (Å²) in [4.78, 5) is 26.3. The molecular formula is C47H81CdClCrN4Na2O8S4. The standard InChI is InChI=1S/C17H21N2.2C12H24O2.C6H12N2S4.Cd.ClH.Cr.2Na.4O/c1-18(2)16-9-5-14(6-10-16)13-15-7-11-17(12-8-15)19(3)4;2*1-2-3-4-5-6-7-8-9-10-11-12(13)14;1-7(2)5(9)11-12-6(10)8(3)4;;;;;;;;;/h5-13H,1-4H3;2*2-11H2,1H3,(H,13,14);1-4H3;;1H;;;;;;;/q+1;;;;;;;2*+1;;;2*-1/p-1. The molecule has 0 heterocycles. The minimum absolute atomic E-state index is 0. The Bertz CT molecular complexity index is 1600. The van der Waals surface area contributed by atoms with E-state index in [2.05, 4.69) is 106 Å². The Hall–Kier alpha value is 0.595. The number of carbonyl (C=O) groups is 2. The summed E-state index contributed by atoms with van der Waals surface area (Å²) >= 11 is 4.40. The van der Waals surface area contributed by atoms with Gasteiger partial charge in [0, 0.05) is 100 Å². The molecule has 0 atom stereocenters. The summed E-state index contributed by atoms with van der Waals surface area (Å²) in [5, 5.41) is 16.8. The zero-order valence-electron chi connectivity index (χ0n) is 43.6. The molecule has 0 unspecified atom stereocenters. The van der Waals surface area contributed by atoms with Gasteiger partial charge in [-0.2, -0.15) is 0 Å². The van der Waals surface area contributed by atoms with E-state index in [1.54, 1.807) is 0 Å². The molecule has 0 spiro atoms. The van der Waals surface area contributed by atoms with Gasteiger partial charge in [0.25, 0.3) is 0 Å². The summed E-state index contributed by atoms with van der Waals surface area (Å²) in [5.41, 5.74) is 4.90. The van der Waals surface area contributed by atoms with Crippen LogP contribution in [0.15, 0.2) is 54.1 Å². The topological polar surface area (TPSA) is 168 Å². The quantitative estimate of drug-likeness (QED) is 0.0563. The number of allylic oxidation sites excluding steroid dienone is 5. The molecule has 0 radical (unpaired) electrons. The summed E-state index contributed by atoms with van der Waals surface area (Å²) in [6.45, 7) is 4.46. The van der Waals surface area contributed by atoms with Gasteiger partial charge in [-0.3, -0.25) is 9.59 Å². The van der Waals surface area contributed by atoms with Crippen molar-refractivity contribution in [3.63, 3.8) is 0 Å². The molecule has 0 saturated heterocycles. The van der Waals surface area contributed by atoms with Crippen LogP contribution in [0.25, 0.3) is 6.08 Å². The third-order valence-corrected chi connectivity index (χ3v) is 13.2. The minimum atomic E-state index is -5.75. The van der Waals surface area contributed by atoms with Crippen molar-refractivity contribution in [2.24, 2.45) is 0 Å². The van der Waals surface area contributed by atoms with Gasteiger partial charge in [-0.05, 0) is 75.9 Å². The number of anilines is 1. The van der Waals surface area contributed by atoms with Crippen LogP contribution in [0.4, 0.5) is 5.69 Å². The number of hydrogen-bond donors (Lipinski definition) is 2. The summed E-state index contributed by atoms with van der Waals surface area (Å²) in [5.74, 6) is -1.32. The van der Waals surface area contributed by atoms with E-state index >= 15 is 0 Å². The van der Waals surface area contributed by atoms with Crippen molar-refractivity contribution in [2.75, 3.05) is 61.3 Å². The van der Waals surface area contributed by atoms with Gasteiger partial charge >= 0.3 is 101 Å². The number of halogens is 1. The first kappa shape index (κ1) is 82.6. The molecule has 68 heavy (non-hydrogen) atoms. The van der Waals surface area contributed by atoms with E-state index in [1.165, 1.54) is 134 Å². The average Bonchev–Trinajstić information content (AvgIpc) is 3.21. The summed E-state index contributed by atoms with van der Waals surface area (Å²) in [6, 6.07) is 8.57. The number of rotatable bonds is 22.